The van der Waals surface area contributed by atoms with E-state index in [2.05, 4.69) is 4.98 Å². The van der Waals surface area contributed by atoms with Crippen LogP contribution in [0.3, 0.4) is 0 Å². The number of fused-ring (bicyclic) bond motifs is 1. The molecule has 0 N–H and O–H groups in total. The van der Waals surface area contributed by atoms with E-state index in [9.17, 15) is 9.18 Å². The van der Waals surface area contributed by atoms with E-state index < -0.39 is 0 Å². The van der Waals surface area contributed by atoms with Crippen molar-refractivity contribution < 1.29 is 18.7 Å². The van der Waals surface area contributed by atoms with Gasteiger partial charge in [0.2, 0.25) is 0 Å². The summed E-state index contributed by atoms with van der Waals surface area (Å²) in [6.07, 6.45) is 5.39. The highest BCUT2D eigenvalue weighted by Gasteiger charge is 2.29. The first-order valence-corrected chi connectivity index (χ1v) is 9.38. The highest BCUT2D eigenvalue weighted by atomic mass is 19.1. The molecule has 29 heavy (non-hydrogen) atoms. The molecule has 150 valence electrons. The van der Waals surface area contributed by atoms with Gasteiger partial charge in [0.15, 0.2) is 11.5 Å². The number of hydrogen-bond acceptors (Lipinski definition) is 4. The molecule has 4 rings (SSSR count). The van der Waals surface area contributed by atoms with Crippen LogP contribution in [-0.2, 0) is 6.42 Å². The zero-order valence-corrected chi connectivity index (χ0v) is 16.3. The lowest BCUT2D eigenvalue weighted by molar-refractivity contribution is 0.200. The maximum absolute atomic E-state index is 13.5. The second-order valence-corrected chi connectivity index (χ2v) is 6.96. The molecule has 0 saturated heterocycles. The van der Waals surface area contributed by atoms with E-state index in [0.717, 1.165) is 16.7 Å². The van der Waals surface area contributed by atoms with Crippen molar-refractivity contribution in [1.29, 1.82) is 0 Å². The fraction of sp³-hybridized carbons (Fsp3) is 0.273. The third-order valence-electron chi connectivity index (χ3n) is 5.34. The van der Waals surface area contributed by atoms with Gasteiger partial charge >= 0.3 is 6.03 Å². The molecule has 0 radical (unpaired) electrons. The summed E-state index contributed by atoms with van der Waals surface area (Å²) >= 11 is 0. The molecule has 1 aromatic heterocycles. The minimum Gasteiger partial charge on any atom is -0.493 e. The molecule has 0 aliphatic carbocycles. The maximum atomic E-state index is 13.5. The molecule has 6 nitrogen and oxygen atoms in total. The number of amides is 1. The lowest BCUT2D eigenvalue weighted by atomic mass is 9.87. The van der Waals surface area contributed by atoms with E-state index >= 15 is 0 Å². The Labute approximate surface area is 168 Å². The number of imidazole rings is 1. The van der Waals surface area contributed by atoms with Gasteiger partial charge in [0.25, 0.3) is 0 Å². The predicted molar refractivity (Wildman–Crippen MR) is 106 cm³/mol. The van der Waals surface area contributed by atoms with Gasteiger partial charge in [0.1, 0.15) is 12.1 Å². The summed E-state index contributed by atoms with van der Waals surface area (Å²) in [5.41, 5.74) is 3.07. The molecular formula is C22H22FN3O3. The third-order valence-corrected chi connectivity index (χ3v) is 5.34. The lowest BCUT2D eigenvalue weighted by Gasteiger charge is -2.26. The number of halogens is 1. The molecule has 0 fully saturated rings. The van der Waals surface area contributed by atoms with Crippen LogP contribution >= 0.6 is 0 Å². The zero-order valence-electron chi connectivity index (χ0n) is 16.3. The molecule has 1 aliphatic rings. The van der Waals surface area contributed by atoms with Crippen molar-refractivity contribution in [2.75, 3.05) is 27.3 Å². The van der Waals surface area contributed by atoms with Crippen molar-refractivity contribution in [2.45, 2.75) is 12.3 Å². The lowest BCUT2D eigenvalue weighted by Crippen LogP contribution is -2.37. The smallest absolute Gasteiger partial charge is 0.329 e. The summed E-state index contributed by atoms with van der Waals surface area (Å²) in [6, 6.07) is 10.2. The quantitative estimate of drug-likeness (QED) is 0.679. The first kappa shape index (κ1) is 19.0. The minimum atomic E-state index is -0.291. The van der Waals surface area contributed by atoms with Crippen LogP contribution in [0.15, 0.2) is 55.1 Å². The second kappa shape index (κ2) is 7.95. The Balaban J connectivity index is 1.79. The van der Waals surface area contributed by atoms with Crippen LogP contribution in [0.25, 0.3) is 0 Å². The molecule has 1 atom stereocenters. The van der Waals surface area contributed by atoms with Gasteiger partial charge < -0.3 is 14.4 Å². The number of methoxy groups -OCH3 is 2. The standard InChI is InChI=1S/C22H22FN3O3/c1-28-20-11-16-7-9-25(22(27)26-10-8-24-14-26)13-19(18(16)12-21(20)29-2)15-3-5-17(23)6-4-15/h3-6,8,10-12,14,19H,7,9,13H2,1-2H3. The minimum absolute atomic E-state index is 0.125. The predicted octanol–water partition coefficient (Wildman–Crippen LogP) is 3.70. The average molecular weight is 395 g/mol. The normalized spacial score (nSPS) is 16.1. The van der Waals surface area contributed by atoms with Gasteiger partial charge in [-0.05, 0) is 47.4 Å². The molecule has 1 unspecified atom stereocenters. The number of rotatable bonds is 3. The number of carbonyl (C=O) groups is 1. The molecule has 2 aromatic carbocycles. The van der Waals surface area contributed by atoms with E-state index in [-0.39, 0.29) is 17.8 Å². The molecule has 0 saturated carbocycles. The number of benzene rings is 2. The molecule has 1 amide bonds. The van der Waals surface area contributed by atoms with Gasteiger partial charge in [0.05, 0.1) is 14.2 Å². The monoisotopic (exact) mass is 395 g/mol. The topological polar surface area (TPSA) is 56.6 Å². The summed E-state index contributed by atoms with van der Waals surface area (Å²) in [4.78, 5) is 18.8. The Hall–Kier alpha value is -3.35. The average Bonchev–Trinajstić information content (AvgIpc) is 3.22. The number of ether oxygens (including phenoxy) is 2. The van der Waals surface area contributed by atoms with E-state index in [0.29, 0.717) is 31.0 Å². The highest BCUT2D eigenvalue weighted by Crippen LogP contribution is 2.38. The molecule has 0 spiro atoms. The van der Waals surface area contributed by atoms with Crippen LogP contribution < -0.4 is 9.47 Å². The van der Waals surface area contributed by atoms with Crippen molar-refractivity contribution in [3.63, 3.8) is 0 Å². The summed E-state index contributed by atoms with van der Waals surface area (Å²) in [6.45, 7) is 1.02. The van der Waals surface area contributed by atoms with Gasteiger partial charge in [-0.2, -0.15) is 0 Å². The fourth-order valence-corrected chi connectivity index (χ4v) is 3.83. The van der Waals surface area contributed by atoms with Crippen LogP contribution in [0, 0.1) is 5.82 Å². The Kier molecular flexibility index (Phi) is 5.20. The van der Waals surface area contributed by atoms with Crippen LogP contribution in [0.5, 0.6) is 11.5 Å². The fourth-order valence-electron chi connectivity index (χ4n) is 3.83. The van der Waals surface area contributed by atoms with Gasteiger partial charge in [-0.3, -0.25) is 4.57 Å². The van der Waals surface area contributed by atoms with Crippen molar-refractivity contribution in [3.05, 3.63) is 77.6 Å². The van der Waals surface area contributed by atoms with Crippen molar-refractivity contribution in [3.8, 4) is 11.5 Å². The van der Waals surface area contributed by atoms with Gasteiger partial charge in [-0.25, -0.2) is 14.2 Å². The largest absolute Gasteiger partial charge is 0.493 e. The van der Waals surface area contributed by atoms with Gasteiger partial charge in [0, 0.05) is 31.4 Å². The van der Waals surface area contributed by atoms with Crippen molar-refractivity contribution >= 4 is 6.03 Å². The molecule has 2 heterocycles. The zero-order chi connectivity index (χ0) is 20.4. The number of carbonyl (C=O) groups excluding carboxylic acids is 1. The Bertz CT molecular complexity index is 1000. The Morgan fingerprint density at radius 3 is 2.52 bits per heavy atom. The molecular weight excluding hydrogens is 373 g/mol. The van der Waals surface area contributed by atoms with Crippen LogP contribution in [0.4, 0.5) is 9.18 Å². The van der Waals surface area contributed by atoms with E-state index in [4.69, 9.17) is 9.47 Å². The summed E-state index contributed by atoms with van der Waals surface area (Å²) in [5.74, 6) is 0.868. The van der Waals surface area contributed by atoms with Crippen LogP contribution in [0.1, 0.15) is 22.6 Å². The first-order chi connectivity index (χ1) is 14.1. The van der Waals surface area contributed by atoms with Crippen molar-refractivity contribution in [1.82, 2.24) is 14.5 Å². The first-order valence-electron chi connectivity index (χ1n) is 9.38. The molecule has 7 heteroatoms. The molecule has 3 aromatic rings. The summed E-state index contributed by atoms with van der Waals surface area (Å²) in [5, 5.41) is 0. The molecule has 1 aliphatic heterocycles. The number of hydrogen-bond donors (Lipinski definition) is 0. The summed E-state index contributed by atoms with van der Waals surface area (Å²) < 4.78 is 26.0. The highest BCUT2D eigenvalue weighted by molar-refractivity contribution is 5.77. The van der Waals surface area contributed by atoms with Gasteiger partial charge in [-0.15, -0.1) is 0 Å². The van der Waals surface area contributed by atoms with E-state index in [1.54, 1.807) is 43.6 Å². The number of nitrogens with zero attached hydrogens (tertiary/aromatic N) is 3. The van der Waals surface area contributed by atoms with Crippen molar-refractivity contribution in [2.24, 2.45) is 0 Å². The van der Waals surface area contributed by atoms with E-state index in [1.165, 1.54) is 23.0 Å². The maximum Gasteiger partial charge on any atom is 0.329 e. The second-order valence-electron chi connectivity index (χ2n) is 6.96. The van der Waals surface area contributed by atoms with E-state index in [1.807, 2.05) is 12.1 Å². The third kappa shape index (κ3) is 3.68. The summed E-state index contributed by atoms with van der Waals surface area (Å²) in [7, 11) is 3.20. The van der Waals surface area contributed by atoms with Crippen LogP contribution in [-0.4, -0.2) is 47.8 Å². The number of aromatic nitrogens is 2. The Morgan fingerprint density at radius 1 is 1.14 bits per heavy atom. The molecule has 0 bridgehead atoms. The van der Waals surface area contributed by atoms with Crippen LogP contribution in [0.2, 0.25) is 0 Å². The Morgan fingerprint density at radius 2 is 1.86 bits per heavy atom. The van der Waals surface area contributed by atoms with Gasteiger partial charge in [-0.1, -0.05) is 12.1 Å². The SMILES string of the molecule is COc1cc2c(cc1OC)C(c1ccc(F)cc1)CN(C(=O)n1ccnc1)CC2.